The molecule has 10 heteroatoms. The normalized spacial score (nSPS) is 12.5. The first-order chi connectivity index (χ1) is 12.2. The number of amides is 1. The first-order valence-corrected chi connectivity index (χ1v) is 7.93. The van der Waals surface area contributed by atoms with Crippen molar-refractivity contribution in [3.8, 4) is 0 Å². The van der Waals surface area contributed by atoms with E-state index in [1.165, 1.54) is 6.20 Å². The third-order valence-corrected chi connectivity index (χ3v) is 3.26. The Morgan fingerprint density at radius 2 is 2.15 bits per heavy atom. The number of hydrogen-bond donors (Lipinski definition) is 3. The molecule has 3 N–H and O–H groups in total. The number of aliphatic hydroxyl groups excluding tert-OH is 1. The highest BCUT2D eigenvalue weighted by Crippen LogP contribution is 2.30. The molecule has 0 unspecified atom stereocenters. The minimum absolute atomic E-state index is 0.000776. The second-order valence-corrected chi connectivity index (χ2v) is 6.55. The summed E-state index contributed by atoms with van der Waals surface area (Å²) in [5.74, 6) is 0. The van der Waals surface area contributed by atoms with E-state index in [1.54, 1.807) is 32.9 Å². The Labute approximate surface area is 149 Å². The number of nitro groups is 1. The van der Waals surface area contributed by atoms with Crippen molar-refractivity contribution in [2.75, 3.05) is 18.5 Å². The van der Waals surface area contributed by atoms with E-state index >= 15 is 0 Å². The summed E-state index contributed by atoms with van der Waals surface area (Å²) in [5, 5.41) is 26.3. The molecule has 0 aliphatic rings. The molecule has 0 bridgehead atoms. The van der Waals surface area contributed by atoms with E-state index < -0.39 is 22.7 Å². The molecule has 140 valence electrons. The lowest BCUT2D eigenvalue weighted by Crippen LogP contribution is -2.41. The van der Waals surface area contributed by atoms with E-state index in [0.29, 0.717) is 11.0 Å². The van der Waals surface area contributed by atoms with Gasteiger partial charge in [-0.15, -0.1) is 0 Å². The number of nitrogens with zero attached hydrogens (tertiary/aromatic N) is 3. The summed E-state index contributed by atoms with van der Waals surface area (Å²) in [6.07, 6.45) is 1.97. The number of anilines is 1. The van der Waals surface area contributed by atoms with Crippen LogP contribution in [0.3, 0.4) is 0 Å². The highest BCUT2D eigenvalue weighted by molar-refractivity contribution is 5.92. The van der Waals surface area contributed by atoms with Gasteiger partial charge in [-0.05, 0) is 32.9 Å². The number of hydrogen-bond acceptors (Lipinski definition) is 8. The number of rotatable bonds is 6. The Bertz CT molecular complexity index is 805. The van der Waals surface area contributed by atoms with E-state index in [0.717, 1.165) is 6.20 Å². The van der Waals surface area contributed by atoms with Crippen LogP contribution < -0.4 is 10.6 Å². The van der Waals surface area contributed by atoms with Crippen LogP contribution >= 0.6 is 0 Å². The Kier molecular flexibility index (Phi) is 5.88. The highest BCUT2D eigenvalue weighted by Gasteiger charge is 2.23. The zero-order valence-electron chi connectivity index (χ0n) is 14.7. The highest BCUT2D eigenvalue weighted by atomic mass is 16.6. The third-order valence-electron chi connectivity index (χ3n) is 3.26. The fourth-order valence-corrected chi connectivity index (χ4v) is 2.18. The first kappa shape index (κ1) is 19.3. The van der Waals surface area contributed by atoms with Crippen LogP contribution in [0.25, 0.3) is 11.0 Å². The van der Waals surface area contributed by atoms with Gasteiger partial charge in [0, 0.05) is 12.7 Å². The van der Waals surface area contributed by atoms with Gasteiger partial charge in [0.2, 0.25) is 0 Å². The number of alkyl carbamates (subject to hydrolysis) is 1. The minimum Gasteiger partial charge on any atom is -0.444 e. The average molecular weight is 363 g/mol. The van der Waals surface area contributed by atoms with Gasteiger partial charge in [0.15, 0.2) is 0 Å². The molecule has 0 saturated carbocycles. The maximum Gasteiger partial charge on any atom is 0.407 e. The topological polar surface area (TPSA) is 140 Å². The van der Waals surface area contributed by atoms with Crippen molar-refractivity contribution in [1.82, 2.24) is 15.3 Å². The molecule has 0 aliphatic heterocycles. The predicted octanol–water partition coefficient (Wildman–Crippen LogP) is 1.84. The SMILES string of the molecule is CC(C)(C)OC(=O)NC[C@H](CO)Nc1c([N+](=O)[O-])cnc2cccnc12. The summed E-state index contributed by atoms with van der Waals surface area (Å²) < 4.78 is 5.12. The second kappa shape index (κ2) is 7.91. The molecular formula is C16H21N5O5. The molecule has 2 heterocycles. The van der Waals surface area contributed by atoms with Crippen molar-refractivity contribution in [3.63, 3.8) is 0 Å². The van der Waals surface area contributed by atoms with Crippen LogP contribution in [0.5, 0.6) is 0 Å². The first-order valence-electron chi connectivity index (χ1n) is 7.93. The maximum absolute atomic E-state index is 11.7. The van der Waals surface area contributed by atoms with E-state index in [9.17, 15) is 20.0 Å². The Morgan fingerprint density at radius 3 is 2.77 bits per heavy atom. The van der Waals surface area contributed by atoms with Crippen LogP contribution in [-0.2, 0) is 4.74 Å². The van der Waals surface area contributed by atoms with Crippen molar-refractivity contribution in [1.29, 1.82) is 0 Å². The summed E-state index contributed by atoms with van der Waals surface area (Å²) in [6.45, 7) is 4.81. The standard InChI is InChI=1S/C16H21N5O5/c1-16(2,3)26-15(23)19-7-10(9-22)20-14-12(21(24)25)8-18-11-5-4-6-17-13(11)14/h4-6,8,10,22H,7,9H2,1-3H3,(H,18,20)(H,19,23)/t10-/m1/s1. The number of carbonyl (C=O) groups is 1. The molecule has 0 radical (unpaired) electrons. The Hall–Kier alpha value is -3.01. The molecule has 2 aromatic heterocycles. The average Bonchev–Trinajstić information content (AvgIpc) is 2.56. The summed E-state index contributed by atoms with van der Waals surface area (Å²) in [5.41, 5.74) is -0.0247. The molecule has 1 amide bonds. The smallest absolute Gasteiger partial charge is 0.407 e. The van der Waals surface area contributed by atoms with Gasteiger partial charge in [0.1, 0.15) is 23.0 Å². The quantitative estimate of drug-likeness (QED) is 0.522. The van der Waals surface area contributed by atoms with Gasteiger partial charge in [0.25, 0.3) is 0 Å². The van der Waals surface area contributed by atoms with Crippen molar-refractivity contribution in [2.24, 2.45) is 0 Å². The number of nitrogens with one attached hydrogen (secondary N) is 2. The Morgan fingerprint density at radius 1 is 1.42 bits per heavy atom. The van der Waals surface area contributed by atoms with Gasteiger partial charge in [-0.1, -0.05) is 0 Å². The molecule has 10 nitrogen and oxygen atoms in total. The number of pyridine rings is 2. The van der Waals surface area contributed by atoms with Gasteiger partial charge in [-0.25, -0.2) is 9.78 Å². The van der Waals surface area contributed by atoms with Crippen LogP contribution in [0.15, 0.2) is 24.5 Å². The molecule has 0 fully saturated rings. The lowest BCUT2D eigenvalue weighted by atomic mass is 10.2. The van der Waals surface area contributed by atoms with E-state index in [4.69, 9.17) is 4.74 Å². The van der Waals surface area contributed by atoms with Gasteiger partial charge in [0.05, 0.1) is 23.1 Å². The molecular weight excluding hydrogens is 342 g/mol. The minimum atomic E-state index is -0.686. The summed E-state index contributed by atoms with van der Waals surface area (Å²) in [7, 11) is 0. The number of ether oxygens (including phenoxy) is 1. The molecule has 1 atom stereocenters. The van der Waals surface area contributed by atoms with Crippen LogP contribution in [-0.4, -0.2) is 50.9 Å². The van der Waals surface area contributed by atoms with Gasteiger partial charge < -0.3 is 20.5 Å². The monoisotopic (exact) mass is 363 g/mol. The van der Waals surface area contributed by atoms with Crippen LogP contribution in [0.1, 0.15) is 20.8 Å². The van der Waals surface area contributed by atoms with Crippen LogP contribution in [0.2, 0.25) is 0 Å². The van der Waals surface area contributed by atoms with Crippen molar-refractivity contribution >= 4 is 28.5 Å². The summed E-state index contributed by atoms with van der Waals surface area (Å²) in [4.78, 5) is 30.6. The second-order valence-electron chi connectivity index (χ2n) is 6.55. The van der Waals surface area contributed by atoms with Crippen molar-refractivity contribution in [3.05, 3.63) is 34.6 Å². The van der Waals surface area contributed by atoms with Gasteiger partial charge >= 0.3 is 11.8 Å². The lowest BCUT2D eigenvalue weighted by Gasteiger charge is -2.22. The number of fused-ring (bicyclic) bond motifs is 1. The van der Waals surface area contributed by atoms with Crippen molar-refractivity contribution in [2.45, 2.75) is 32.4 Å². The molecule has 0 aliphatic carbocycles. The van der Waals surface area contributed by atoms with Gasteiger partial charge in [-0.3, -0.25) is 15.1 Å². The van der Waals surface area contributed by atoms with E-state index in [2.05, 4.69) is 20.6 Å². The molecule has 0 saturated heterocycles. The molecule has 2 rings (SSSR count). The van der Waals surface area contributed by atoms with E-state index in [-0.39, 0.29) is 24.5 Å². The molecule has 0 aromatic carbocycles. The maximum atomic E-state index is 11.7. The summed E-state index contributed by atoms with van der Waals surface area (Å²) >= 11 is 0. The van der Waals surface area contributed by atoms with Crippen LogP contribution in [0, 0.1) is 10.1 Å². The van der Waals surface area contributed by atoms with Gasteiger partial charge in [-0.2, -0.15) is 0 Å². The Balaban J connectivity index is 2.20. The van der Waals surface area contributed by atoms with E-state index in [1.807, 2.05) is 0 Å². The molecule has 2 aromatic rings. The zero-order valence-corrected chi connectivity index (χ0v) is 14.7. The molecule has 26 heavy (non-hydrogen) atoms. The number of carbonyl (C=O) groups excluding carboxylic acids is 1. The van der Waals surface area contributed by atoms with Crippen LogP contribution in [0.4, 0.5) is 16.2 Å². The summed E-state index contributed by atoms with van der Waals surface area (Å²) in [6, 6.07) is 2.65. The lowest BCUT2D eigenvalue weighted by molar-refractivity contribution is -0.384. The zero-order chi connectivity index (χ0) is 19.3. The predicted molar refractivity (Wildman–Crippen MR) is 94.9 cm³/mol. The van der Waals surface area contributed by atoms with Crippen molar-refractivity contribution < 1.29 is 19.6 Å². The molecule has 0 spiro atoms. The number of aliphatic hydroxyl groups is 1. The largest absolute Gasteiger partial charge is 0.444 e. The third kappa shape index (κ3) is 4.99. The number of aromatic nitrogens is 2. The fraction of sp³-hybridized carbons (Fsp3) is 0.438. The fourth-order valence-electron chi connectivity index (χ4n) is 2.18.